The van der Waals surface area contributed by atoms with Crippen molar-refractivity contribution in [3.05, 3.63) is 64.1 Å². The van der Waals surface area contributed by atoms with Crippen molar-refractivity contribution in [2.75, 3.05) is 10.7 Å². The van der Waals surface area contributed by atoms with E-state index in [2.05, 4.69) is 0 Å². The third-order valence-electron chi connectivity index (χ3n) is 4.16. The summed E-state index contributed by atoms with van der Waals surface area (Å²) in [5.41, 5.74) is 1.85. The molecule has 2 aliphatic rings. The summed E-state index contributed by atoms with van der Waals surface area (Å²) in [6.45, 7) is 0. The van der Waals surface area contributed by atoms with E-state index in [0.717, 1.165) is 17.0 Å². The Morgan fingerprint density at radius 2 is 1.58 bits per heavy atom. The Morgan fingerprint density at radius 1 is 1.00 bits per heavy atom. The van der Waals surface area contributed by atoms with Crippen LogP contribution in [-0.4, -0.2) is 27.7 Å². The molecule has 0 radical (unpaired) electrons. The second-order valence-electron chi connectivity index (χ2n) is 5.59. The molecule has 0 unspecified atom stereocenters. The molecule has 0 N–H and O–H groups in total. The van der Waals surface area contributed by atoms with E-state index in [0.29, 0.717) is 15.2 Å². The Bertz CT molecular complexity index is 810. The Balaban J connectivity index is 1.67. The first-order valence-corrected chi connectivity index (χ1v) is 9.56. The number of carbonyl (C=O) groups excluding carboxylic acids is 1. The van der Waals surface area contributed by atoms with Crippen LogP contribution in [0.2, 0.25) is 10.0 Å². The fraction of sp³-hybridized carbons (Fsp3) is 0.176. The lowest BCUT2D eigenvalue weighted by Gasteiger charge is -2.25. The van der Waals surface area contributed by atoms with Gasteiger partial charge < -0.3 is 4.90 Å². The molecule has 0 aromatic heterocycles. The maximum Gasteiger partial charge on any atom is 0.257 e. The van der Waals surface area contributed by atoms with Gasteiger partial charge in [0.05, 0.1) is 5.69 Å². The van der Waals surface area contributed by atoms with Gasteiger partial charge >= 0.3 is 0 Å². The van der Waals surface area contributed by atoms with Crippen molar-refractivity contribution in [3.8, 4) is 0 Å². The minimum absolute atomic E-state index is 0.0197. The molecule has 1 amide bonds. The number of rotatable bonds is 2. The van der Waals surface area contributed by atoms with Gasteiger partial charge in [0.1, 0.15) is 11.4 Å². The molecular weight excluding hydrogens is 383 g/mol. The van der Waals surface area contributed by atoms with Gasteiger partial charge in [0.15, 0.2) is 5.11 Å². The van der Waals surface area contributed by atoms with Crippen LogP contribution in [0.25, 0.3) is 0 Å². The lowest BCUT2D eigenvalue weighted by molar-refractivity contribution is -0.119. The molecule has 2 heterocycles. The summed E-state index contributed by atoms with van der Waals surface area (Å²) in [4.78, 5) is 16.5. The Hall–Kier alpha value is -1.27. The normalized spacial score (nSPS) is 23.1. The van der Waals surface area contributed by atoms with Gasteiger partial charge in [0, 0.05) is 15.8 Å². The summed E-state index contributed by atoms with van der Waals surface area (Å²) >= 11 is 19.3. The fourth-order valence-electron chi connectivity index (χ4n) is 3.00. The average Bonchev–Trinajstić information content (AvgIpc) is 3.11. The largest absolute Gasteiger partial charge is 0.319 e. The quantitative estimate of drug-likeness (QED) is 0.686. The summed E-state index contributed by atoms with van der Waals surface area (Å²) in [5, 5.41) is 1.89. The number of nitrogens with zero attached hydrogens (tertiary/aromatic N) is 2. The van der Waals surface area contributed by atoms with E-state index in [1.807, 2.05) is 41.3 Å². The molecule has 0 aliphatic carbocycles. The minimum atomic E-state index is -0.223. The third kappa shape index (κ3) is 2.60. The molecule has 2 atom stereocenters. The zero-order valence-corrected chi connectivity index (χ0v) is 15.5. The van der Waals surface area contributed by atoms with E-state index >= 15 is 0 Å². The summed E-state index contributed by atoms with van der Waals surface area (Å²) in [7, 11) is 0. The molecule has 2 aliphatic heterocycles. The van der Waals surface area contributed by atoms with E-state index in [4.69, 9.17) is 35.4 Å². The second-order valence-corrected chi connectivity index (χ2v) is 7.94. The van der Waals surface area contributed by atoms with E-state index < -0.39 is 0 Å². The predicted octanol–water partition coefficient (Wildman–Crippen LogP) is 4.74. The molecule has 3 nitrogen and oxygen atoms in total. The second kappa shape index (κ2) is 6.23. The maximum atomic E-state index is 12.8. The highest BCUT2D eigenvalue weighted by Gasteiger charge is 2.50. The van der Waals surface area contributed by atoms with Gasteiger partial charge in [-0.3, -0.25) is 9.69 Å². The van der Waals surface area contributed by atoms with Gasteiger partial charge in [-0.1, -0.05) is 35.3 Å². The minimum Gasteiger partial charge on any atom is -0.319 e. The molecule has 0 spiro atoms. The van der Waals surface area contributed by atoms with Crippen molar-refractivity contribution in [1.29, 1.82) is 0 Å². The third-order valence-corrected chi connectivity index (χ3v) is 6.38. The number of carbonyl (C=O) groups is 1. The molecule has 0 saturated carbocycles. The summed E-state index contributed by atoms with van der Waals surface area (Å²) in [6, 6.07) is 14.6. The molecular formula is C17H12Cl2N2OS2. The maximum absolute atomic E-state index is 12.8. The summed E-state index contributed by atoms with van der Waals surface area (Å²) < 4.78 is 0. The first-order chi connectivity index (χ1) is 11.6. The standard InChI is InChI=1S/C17H12Cl2N2OS2/c18-11-3-1-10(2-4-11)16-21-14(9-24-16)15(22)20(17(21)23)13-7-5-12(19)6-8-13/h1-8,14,16H,9H2/t14-,16+/m1/s1. The molecule has 7 heteroatoms. The van der Waals surface area contributed by atoms with Crippen LogP contribution in [0.1, 0.15) is 10.9 Å². The van der Waals surface area contributed by atoms with Crippen LogP contribution < -0.4 is 4.90 Å². The van der Waals surface area contributed by atoms with E-state index in [9.17, 15) is 4.79 Å². The molecule has 0 bridgehead atoms. The van der Waals surface area contributed by atoms with Crippen LogP contribution in [0.3, 0.4) is 0 Å². The summed E-state index contributed by atoms with van der Waals surface area (Å²) in [6.07, 6.45) is 0. The lowest BCUT2D eigenvalue weighted by Crippen LogP contribution is -2.33. The Morgan fingerprint density at radius 3 is 2.21 bits per heavy atom. The Kier molecular flexibility index (Phi) is 4.21. The van der Waals surface area contributed by atoms with Crippen LogP contribution in [0.4, 0.5) is 5.69 Å². The number of hydrogen-bond acceptors (Lipinski definition) is 3. The van der Waals surface area contributed by atoms with E-state index in [1.54, 1.807) is 28.8 Å². The van der Waals surface area contributed by atoms with Crippen LogP contribution in [0.15, 0.2) is 48.5 Å². The van der Waals surface area contributed by atoms with Crippen molar-refractivity contribution in [1.82, 2.24) is 4.90 Å². The van der Waals surface area contributed by atoms with Crippen molar-refractivity contribution < 1.29 is 4.79 Å². The van der Waals surface area contributed by atoms with Crippen molar-refractivity contribution in [2.24, 2.45) is 0 Å². The zero-order valence-electron chi connectivity index (χ0n) is 12.4. The van der Waals surface area contributed by atoms with Crippen LogP contribution >= 0.6 is 47.2 Å². The monoisotopic (exact) mass is 394 g/mol. The highest BCUT2D eigenvalue weighted by atomic mass is 35.5. The van der Waals surface area contributed by atoms with Crippen LogP contribution in [0.5, 0.6) is 0 Å². The summed E-state index contributed by atoms with van der Waals surface area (Å²) in [5.74, 6) is 0.738. The molecule has 4 rings (SSSR count). The molecule has 2 saturated heterocycles. The number of halogens is 2. The van der Waals surface area contributed by atoms with Crippen molar-refractivity contribution in [3.63, 3.8) is 0 Å². The highest BCUT2D eigenvalue weighted by molar-refractivity contribution is 7.99. The number of benzene rings is 2. The number of amides is 1. The lowest BCUT2D eigenvalue weighted by atomic mass is 10.2. The van der Waals surface area contributed by atoms with Gasteiger partial charge in [-0.25, -0.2) is 0 Å². The number of fused-ring (bicyclic) bond motifs is 1. The van der Waals surface area contributed by atoms with Gasteiger partial charge in [-0.05, 0) is 54.2 Å². The smallest absolute Gasteiger partial charge is 0.257 e. The zero-order chi connectivity index (χ0) is 16.8. The molecule has 122 valence electrons. The fourth-order valence-corrected chi connectivity index (χ4v) is 5.17. The van der Waals surface area contributed by atoms with Crippen molar-refractivity contribution >= 4 is 63.9 Å². The van der Waals surface area contributed by atoms with E-state index in [1.165, 1.54) is 0 Å². The van der Waals surface area contributed by atoms with Crippen molar-refractivity contribution in [2.45, 2.75) is 11.4 Å². The topological polar surface area (TPSA) is 23.6 Å². The average molecular weight is 395 g/mol. The van der Waals surface area contributed by atoms with Gasteiger partial charge in [-0.15, -0.1) is 11.8 Å². The first-order valence-electron chi connectivity index (χ1n) is 7.35. The number of anilines is 1. The van der Waals surface area contributed by atoms with E-state index in [-0.39, 0.29) is 17.3 Å². The first kappa shape index (κ1) is 16.2. The van der Waals surface area contributed by atoms with Gasteiger partial charge in [0.2, 0.25) is 0 Å². The van der Waals surface area contributed by atoms with Gasteiger partial charge in [0.25, 0.3) is 5.91 Å². The number of hydrogen-bond donors (Lipinski definition) is 0. The SMILES string of the molecule is O=C1[C@H]2CS[C@@H](c3ccc(Cl)cc3)N2C(=S)N1c1ccc(Cl)cc1. The molecule has 2 aromatic rings. The van der Waals surface area contributed by atoms with Crippen LogP contribution in [-0.2, 0) is 4.79 Å². The Labute approximate surface area is 159 Å². The molecule has 2 fully saturated rings. The highest BCUT2D eigenvalue weighted by Crippen LogP contribution is 2.46. The molecule has 2 aromatic carbocycles. The number of thiocarbonyl (C=S) groups is 1. The van der Waals surface area contributed by atoms with Crippen LogP contribution in [0, 0.1) is 0 Å². The number of thioether (sulfide) groups is 1. The predicted molar refractivity (Wildman–Crippen MR) is 104 cm³/mol. The van der Waals surface area contributed by atoms with Gasteiger partial charge in [-0.2, -0.15) is 0 Å². The molecule has 24 heavy (non-hydrogen) atoms.